The SMILES string of the molecule is CCCCCN(C(=O)NC(=O)Nc1ccccc1)S(=O)(=O)c1ccccc1. The molecule has 2 aromatic rings. The molecule has 0 aliphatic carbocycles. The van der Waals surface area contributed by atoms with Gasteiger partial charge in [0.15, 0.2) is 0 Å². The van der Waals surface area contributed by atoms with E-state index in [0.717, 1.165) is 12.8 Å². The Kier molecular flexibility index (Phi) is 7.36. The fourth-order valence-electron chi connectivity index (χ4n) is 2.40. The Morgan fingerprint density at radius 2 is 1.52 bits per heavy atom. The first-order valence-electron chi connectivity index (χ1n) is 8.70. The van der Waals surface area contributed by atoms with Gasteiger partial charge in [0, 0.05) is 12.2 Å². The second-order valence-corrected chi connectivity index (χ2v) is 7.71. The Morgan fingerprint density at radius 3 is 2.11 bits per heavy atom. The van der Waals surface area contributed by atoms with Crippen molar-refractivity contribution in [3.8, 4) is 0 Å². The monoisotopic (exact) mass is 389 g/mol. The molecular weight excluding hydrogens is 366 g/mol. The van der Waals surface area contributed by atoms with E-state index in [2.05, 4.69) is 10.6 Å². The van der Waals surface area contributed by atoms with Gasteiger partial charge in [0.2, 0.25) is 0 Å². The van der Waals surface area contributed by atoms with Crippen LogP contribution in [0.3, 0.4) is 0 Å². The average Bonchev–Trinajstić information content (AvgIpc) is 2.66. The molecule has 0 unspecified atom stereocenters. The molecule has 0 aromatic heterocycles. The minimum Gasteiger partial charge on any atom is -0.308 e. The number of urea groups is 2. The normalized spacial score (nSPS) is 10.9. The zero-order valence-corrected chi connectivity index (χ0v) is 15.9. The van der Waals surface area contributed by atoms with Crippen LogP contribution in [-0.2, 0) is 10.0 Å². The molecule has 2 rings (SSSR count). The van der Waals surface area contributed by atoms with Gasteiger partial charge in [-0.3, -0.25) is 5.32 Å². The summed E-state index contributed by atoms with van der Waals surface area (Å²) in [6, 6.07) is 14.5. The number of sulfonamides is 1. The third-order valence-electron chi connectivity index (χ3n) is 3.77. The van der Waals surface area contributed by atoms with Crippen molar-refractivity contribution in [3.63, 3.8) is 0 Å². The molecule has 4 amide bonds. The molecule has 0 aliphatic heterocycles. The molecule has 0 radical (unpaired) electrons. The van der Waals surface area contributed by atoms with Crippen LogP contribution in [0.5, 0.6) is 0 Å². The minimum atomic E-state index is -4.06. The number of hydrogen-bond donors (Lipinski definition) is 2. The van der Waals surface area contributed by atoms with Crippen LogP contribution < -0.4 is 10.6 Å². The average molecular weight is 389 g/mol. The second-order valence-electron chi connectivity index (χ2n) is 5.85. The lowest BCUT2D eigenvalue weighted by atomic mass is 10.2. The van der Waals surface area contributed by atoms with Crippen LogP contribution in [0.1, 0.15) is 26.2 Å². The first-order chi connectivity index (χ1) is 12.9. The van der Waals surface area contributed by atoms with E-state index in [1.807, 2.05) is 6.92 Å². The van der Waals surface area contributed by atoms with Gasteiger partial charge in [-0.15, -0.1) is 0 Å². The summed E-state index contributed by atoms with van der Waals surface area (Å²) in [6.07, 6.45) is 2.15. The molecule has 144 valence electrons. The molecular formula is C19H23N3O4S. The Hall–Kier alpha value is -2.87. The molecule has 0 fully saturated rings. The predicted octanol–water partition coefficient (Wildman–Crippen LogP) is 3.81. The van der Waals surface area contributed by atoms with E-state index in [1.165, 1.54) is 12.1 Å². The number of benzene rings is 2. The van der Waals surface area contributed by atoms with Crippen molar-refractivity contribution in [2.24, 2.45) is 0 Å². The van der Waals surface area contributed by atoms with E-state index in [9.17, 15) is 18.0 Å². The number of nitrogens with one attached hydrogen (secondary N) is 2. The summed E-state index contributed by atoms with van der Waals surface area (Å²) in [7, 11) is -4.06. The first kappa shape index (κ1) is 20.4. The van der Waals surface area contributed by atoms with Crippen LogP contribution in [0.4, 0.5) is 15.3 Å². The second kappa shape index (κ2) is 9.72. The van der Waals surface area contributed by atoms with E-state index < -0.39 is 22.1 Å². The molecule has 0 bridgehead atoms. The summed E-state index contributed by atoms with van der Waals surface area (Å²) >= 11 is 0. The summed E-state index contributed by atoms with van der Waals surface area (Å²) in [5.74, 6) is 0. The van der Waals surface area contributed by atoms with Crippen LogP contribution in [0.15, 0.2) is 65.6 Å². The molecule has 0 atom stereocenters. The molecule has 8 heteroatoms. The zero-order chi connectivity index (χ0) is 19.7. The standard InChI is InChI=1S/C19H23N3O4S/c1-2-3-10-15-22(27(25,26)17-13-8-5-9-14-17)19(24)21-18(23)20-16-11-6-4-7-12-16/h4-9,11-14H,2-3,10,15H2,1H3,(H2,20,21,23,24). The molecule has 2 aromatic carbocycles. The lowest BCUT2D eigenvalue weighted by Gasteiger charge is -2.22. The molecule has 0 saturated heterocycles. The molecule has 27 heavy (non-hydrogen) atoms. The smallest absolute Gasteiger partial charge is 0.308 e. The van der Waals surface area contributed by atoms with E-state index in [4.69, 9.17) is 0 Å². The number of anilines is 1. The minimum absolute atomic E-state index is 0.000107. The van der Waals surface area contributed by atoms with Gasteiger partial charge in [-0.25, -0.2) is 22.3 Å². The highest BCUT2D eigenvalue weighted by atomic mass is 32.2. The van der Waals surface area contributed by atoms with E-state index in [1.54, 1.807) is 48.5 Å². The van der Waals surface area contributed by atoms with Crippen LogP contribution in [0.25, 0.3) is 0 Å². The molecule has 7 nitrogen and oxygen atoms in total. The lowest BCUT2D eigenvalue weighted by molar-refractivity contribution is 0.218. The van der Waals surface area contributed by atoms with Gasteiger partial charge in [-0.2, -0.15) is 0 Å². The predicted molar refractivity (Wildman–Crippen MR) is 104 cm³/mol. The van der Waals surface area contributed by atoms with Gasteiger partial charge in [-0.05, 0) is 30.7 Å². The quantitative estimate of drug-likeness (QED) is 0.704. The number of amides is 4. The third-order valence-corrected chi connectivity index (χ3v) is 5.57. The van der Waals surface area contributed by atoms with E-state index >= 15 is 0 Å². The number of hydrogen-bond acceptors (Lipinski definition) is 4. The summed E-state index contributed by atoms with van der Waals surface area (Å²) in [5, 5.41) is 4.58. The number of rotatable bonds is 7. The van der Waals surface area contributed by atoms with Crippen molar-refractivity contribution in [2.45, 2.75) is 31.1 Å². The van der Waals surface area contributed by atoms with Crippen LogP contribution >= 0.6 is 0 Å². The molecule has 0 heterocycles. The highest BCUT2D eigenvalue weighted by Gasteiger charge is 2.29. The number of imide groups is 1. The van der Waals surface area contributed by atoms with Gasteiger partial charge in [-0.1, -0.05) is 56.2 Å². The summed E-state index contributed by atoms with van der Waals surface area (Å²) in [4.78, 5) is 24.6. The van der Waals surface area contributed by atoms with Crippen LogP contribution in [-0.4, -0.2) is 31.3 Å². The maximum Gasteiger partial charge on any atom is 0.339 e. The first-order valence-corrected chi connectivity index (χ1v) is 10.1. The van der Waals surface area contributed by atoms with E-state index in [-0.39, 0.29) is 11.4 Å². The number of nitrogens with zero attached hydrogens (tertiary/aromatic N) is 1. The molecule has 2 N–H and O–H groups in total. The Labute approximate surface area is 159 Å². The third kappa shape index (κ3) is 5.82. The van der Waals surface area contributed by atoms with Gasteiger partial charge in [0.1, 0.15) is 0 Å². The van der Waals surface area contributed by atoms with Gasteiger partial charge in [0.05, 0.1) is 4.90 Å². The number of unbranched alkanes of at least 4 members (excludes halogenated alkanes) is 2. The number of carbonyl (C=O) groups is 2. The number of carbonyl (C=O) groups excluding carboxylic acids is 2. The topological polar surface area (TPSA) is 95.6 Å². The van der Waals surface area contributed by atoms with Crippen molar-refractivity contribution < 1.29 is 18.0 Å². The Bertz CT molecular complexity index is 855. The van der Waals surface area contributed by atoms with Crippen LogP contribution in [0, 0.1) is 0 Å². The highest BCUT2D eigenvalue weighted by Crippen LogP contribution is 2.16. The highest BCUT2D eigenvalue weighted by molar-refractivity contribution is 7.89. The maximum atomic E-state index is 12.8. The van der Waals surface area contributed by atoms with E-state index in [0.29, 0.717) is 16.4 Å². The van der Waals surface area contributed by atoms with Crippen molar-refractivity contribution in [2.75, 3.05) is 11.9 Å². The molecule has 0 spiro atoms. The fraction of sp³-hybridized carbons (Fsp3) is 0.263. The molecule has 0 saturated carbocycles. The fourth-order valence-corrected chi connectivity index (χ4v) is 3.79. The van der Waals surface area contributed by atoms with Gasteiger partial charge < -0.3 is 5.32 Å². The number of para-hydroxylation sites is 1. The Balaban J connectivity index is 2.15. The van der Waals surface area contributed by atoms with Crippen molar-refractivity contribution in [3.05, 3.63) is 60.7 Å². The summed E-state index contributed by atoms with van der Waals surface area (Å²) < 4.78 is 26.4. The molecule has 0 aliphatic rings. The van der Waals surface area contributed by atoms with Gasteiger partial charge in [0.25, 0.3) is 10.0 Å². The van der Waals surface area contributed by atoms with Crippen molar-refractivity contribution >= 4 is 27.8 Å². The van der Waals surface area contributed by atoms with Crippen molar-refractivity contribution in [1.82, 2.24) is 9.62 Å². The Morgan fingerprint density at radius 1 is 0.926 bits per heavy atom. The van der Waals surface area contributed by atoms with Gasteiger partial charge >= 0.3 is 12.1 Å². The van der Waals surface area contributed by atoms with Crippen molar-refractivity contribution in [1.29, 1.82) is 0 Å². The lowest BCUT2D eigenvalue weighted by Crippen LogP contribution is -2.47. The van der Waals surface area contributed by atoms with Crippen LogP contribution in [0.2, 0.25) is 0 Å². The largest absolute Gasteiger partial charge is 0.339 e. The zero-order valence-electron chi connectivity index (χ0n) is 15.1. The maximum absolute atomic E-state index is 12.8. The summed E-state index contributed by atoms with van der Waals surface area (Å²) in [5.41, 5.74) is 0.492. The summed E-state index contributed by atoms with van der Waals surface area (Å²) in [6.45, 7) is 1.97.